The number of carbonyl (C=O) groups excluding carboxylic acids is 2. The van der Waals surface area contributed by atoms with Gasteiger partial charge in [0.05, 0.1) is 0 Å². The zero-order valence-electron chi connectivity index (χ0n) is 9.37. The number of nitrogens with one attached hydrogen (secondary N) is 2. The highest BCUT2D eigenvalue weighted by atomic mass is 35.5. The topological polar surface area (TPSA) is 58.2 Å². The highest BCUT2D eigenvalue weighted by Crippen LogP contribution is 2.37. The molecule has 1 aliphatic rings. The van der Waals surface area contributed by atoms with Crippen molar-refractivity contribution in [2.75, 3.05) is 0 Å². The molecule has 0 heterocycles. The summed E-state index contributed by atoms with van der Waals surface area (Å²) in [5, 5.41) is 0.567. The van der Waals surface area contributed by atoms with E-state index in [4.69, 9.17) is 11.6 Å². The first-order valence-corrected chi connectivity index (χ1v) is 5.81. The molecule has 4 nitrogen and oxygen atoms in total. The van der Waals surface area contributed by atoms with E-state index in [9.17, 15) is 9.59 Å². The maximum Gasteiger partial charge on any atom is 0.269 e. The fourth-order valence-electron chi connectivity index (χ4n) is 1.57. The molecule has 2 atom stereocenters. The molecule has 5 heteroatoms. The van der Waals surface area contributed by atoms with Crippen molar-refractivity contribution in [2.45, 2.75) is 13.3 Å². The van der Waals surface area contributed by atoms with Crippen LogP contribution in [0.15, 0.2) is 24.3 Å². The van der Waals surface area contributed by atoms with Crippen molar-refractivity contribution in [2.24, 2.45) is 11.8 Å². The maximum absolute atomic E-state index is 11.6. The van der Waals surface area contributed by atoms with E-state index in [1.165, 1.54) is 0 Å². The standard InChI is InChI=1S/C12H13ClN2O2/c1-7-6-10(7)12(17)15-14-11(16)8-2-4-9(13)5-3-8/h2-5,7,10H,6H2,1H3,(H,14,16)(H,15,17). The molecule has 0 bridgehead atoms. The molecule has 1 aromatic carbocycles. The molecule has 2 amide bonds. The number of benzene rings is 1. The zero-order valence-corrected chi connectivity index (χ0v) is 10.1. The summed E-state index contributed by atoms with van der Waals surface area (Å²) < 4.78 is 0. The second-order valence-electron chi connectivity index (χ2n) is 4.27. The lowest BCUT2D eigenvalue weighted by molar-refractivity contribution is -0.123. The molecule has 2 N–H and O–H groups in total. The molecule has 1 aromatic rings. The quantitative estimate of drug-likeness (QED) is 0.788. The Hall–Kier alpha value is -1.55. The summed E-state index contributed by atoms with van der Waals surface area (Å²) >= 11 is 5.71. The van der Waals surface area contributed by atoms with Crippen LogP contribution in [0.3, 0.4) is 0 Å². The van der Waals surface area contributed by atoms with E-state index < -0.39 is 0 Å². The van der Waals surface area contributed by atoms with Gasteiger partial charge in [0.15, 0.2) is 0 Å². The number of hydrogen-bond acceptors (Lipinski definition) is 2. The number of hydrogen-bond donors (Lipinski definition) is 2. The third kappa shape index (κ3) is 2.97. The maximum atomic E-state index is 11.6. The van der Waals surface area contributed by atoms with Gasteiger partial charge >= 0.3 is 0 Å². The summed E-state index contributed by atoms with van der Waals surface area (Å²) in [6.07, 6.45) is 0.892. The number of carbonyl (C=O) groups is 2. The van der Waals surface area contributed by atoms with E-state index in [0.29, 0.717) is 16.5 Å². The van der Waals surface area contributed by atoms with Crippen LogP contribution in [-0.2, 0) is 4.79 Å². The van der Waals surface area contributed by atoms with Gasteiger partial charge in [0.1, 0.15) is 0 Å². The Morgan fingerprint density at radius 3 is 2.35 bits per heavy atom. The molecule has 2 unspecified atom stereocenters. The molecule has 0 aromatic heterocycles. The lowest BCUT2D eigenvalue weighted by atomic mass is 10.2. The predicted octanol–water partition coefficient (Wildman–Crippen LogP) is 1.76. The summed E-state index contributed by atoms with van der Waals surface area (Å²) in [6.45, 7) is 2.01. The minimum Gasteiger partial charge on any atom is -0.273 e. The van der Waals surface area contributed by atoms with Crippen LogP contribution in [0.25, 0.3) is 0 Å². The Morgan fingerprint density at radius 1 is 1.24 bits per heavy atom. The van der Waals surface area contributed by atoms with Gasteiger partial charge in [0, 0.05) is 16.5 Å². The zero-order chi connectivity index (χ0) is 12.4. The average Bonchev–Trinajstić information content (AvgIpc) is 3.04. The van der Waals surface area contributed by atoms with Gasteiger partial charge in [0.25, 0.3) is 5.91 Å². The average molecular weight is 253 g/mol. The van der Waals surface area contributed by atoms with Gasteiger partial charge in [-0.25, -0.2) is 0 Å². The Labute approximate surface area is 104 Å². The molecule has 1 fully saturated rings. The van der Waals surface area contributed by atoms with Crippen LogP contribution in [0.5, 0.6) is 0 Å². The van der Waals surface area contributed by atoms with Gasteiger partial charge in [-0.05, 0) is 36.6 Å². The van der Waals surface area contributed by atoms with E-state index >= 15 is 0 Å². The second-order valence-corrected chi connectivity index (χ2v) is 4.71. The molecular formula is C12H13ClN2O2. The van der Waals surface area contributed by atoms with Crippen LogP contribution in [0.2, 0.25) is 5.02 Å². The number of amides is 2. The van der Waals surface area contributed by atoms with Crippen LogP contribution in [-0.4, -0.2) is 11.8 Å². The molecule has 0 aliphatic heterocycles. The van der Waals surface area contributed by atoms with Crippen molar-refractivity contribution in [1.82, 2.24) is 10.9 Å². The van der Waals surface area contributed by atoms with Crippen molar-refractivity contribution in [3.8, 4) is 0 Å². The Kier molecular flexibility index (Phi) is 3.33. The molecule has 2 rings (SSSR count). The minimum atomic E-state index is -0.344. The molecule has 90 valence electrons. The third-order valence-electron chi connectivity index (χ3n) is 2.85. The van der Waals surface area contributed by atoms with Gasteiger partial charge in [-0.15, -0.1) is 0 Å². The third-order valence-corrected chi connectivity index (χ3v) is 3.10. The minimum absolute atomic E-state index is 0.0421. The van der Waals surface area contributed by atoms with Gasteiger partial charge < -0.3 is 0 Å². The van der Waals surface area contributed by atoms with Crippen molar-refractivity contribution in [3.63, 3.8) is 0 Å². The van der Waals surface area contributed by atoms with Gasteiger partial charge in [-0.3, -0.25) is 20.4 Å². The van der Waals surface area contributed by atoms with Crippen molar-refractivity contribution < 1.29 is 9.59 Å². The molecule has 1 aliphatic carbocycles. The van der Waals surface area contributed by atoms with Crippen molar-refractivity contribution in [1.29, 1.82) is 0 Å². The molecule has 17 heavy (non-hydrogen) atoms. The van der Waals surface area contributed by atoms with E-state index in [2.05, 4.69) is 10.9 Å². The normalized spacial score (nSPS) is 21.8. The van der Waals surface area contributed by atoms with Gasteiger partial charge in [-0.2, -0.15) is 0 Å². The first-order chi connectivity index (χ1) is 8.08. The lowest BCUT2D eigenvalue weighted by Crippen LogP contribution is -2.42. The molecule has 1 saturated carbocycles. The van der Waals surface area contributed by atoms with Crippen molar-refractivity contribution >= 4 is 23.4 Å². The highest BCUT2D eigenvalue weighted by molar-refractivity contribution is 6.30. The summed E-state index contributed by atoms with van der Waals surface area (Å²) in [5.41, 5.74) is 5.25. The summed E-state index contributed by atoms with van der Waals surface area (Å²) in [5.74, 6) is -0.00825. The summed E-state index contributed by atoms with van der Waals surface area (Å²) in [4.78, 5) is 23.1. The Balaban J connectivity index is 1.85. The van der Waals surface area contributed by atoms with E-state index in [-0.39, 0.29) is 17.7 Å². The Morgan fingerprint density at radius 2 is 1.82 bits per heavy atom. The number of hydrazine groups is 1. The van der Waals surface area contributed by atoms with Crippen LogP contribution in [0, 0.1) is 11.8 Å². The summed E-state index contributed by atoms with van der Waals surface area (Å²) in [6, 6.07) is 6.45. The van der Waals surface area contributed by atoms with E-state index in [1.807, 2.05) is 6.92 Å². The fraction of sp³-hybridized carbons (Fsp3) is 0.333. The molecule has 0 radical (unpaired) electrons. The van der Waals surface area contributed by atoms with Crippen LogP contribution in [0.1, 0.15) is 23.7 Å². The van der Waals surface area contributed by atoms with E-state index in [0.717, 1.165) is 6.42 Å². The molecular weight excluding hydrogens is 240 g/mol. The smallest absolute Gasteiger partial charge is 0.269 e. The predicted molar refractivity (Wildman–Crippen MR) is 64.3 cm³/mol. The molecule has 0 spiro atoms. The summed E-state index contributed by atoms with van der Waals surface area (Å²) in [7, 11) is 0. The van der Waals surface area contributed by atoms with Crippen LogP contribution < -0.4 is 10.9 Å². The van der Waals surface area contributed by atoms with Crippen LogP contribution in [0.4, 0.5) is 0 Å². The van der Waals surface area contributed by atoms with Gasteiger partial charge in [0.2, 0.25) is 5.91 Å². The fourth-order valence-corrected chi connectivity index (χ4v) is 1.70. The van der Waals surface area contributed by atoms with E-state index in [1.54, 1.807) is 24.3 Å². The first kappa shape index (κ1) is 11.9. The first-order valence-electron chi connectivity index (χ1n) is 5.43. The number of rotatable bonds is 2. The Bertz CT molecular complexity index is 444. The molecule has 0 saturated heterocycles. The second kappa shape index (κ2) is 4.75. The highest BCUT2D eigenvalue weighted by Gasteiger charge is 2.39. The SMILES string of the molecule is CC1CC1C(=O)NNC(=O)c1ccc(Cl)cc1. The monoisotopic (exact) mass is 252 g/mol. The lowest BCUT2D eigenvalue weighted by Gasteiger charge is -2.06. The van der Waals surface area contributed by atoms with Gasteiger partial charge in [-0.1, -0.05) is 18.5 Å². The largest absolute Gasteiger partial charge is 0.273 e. The van der Waals surface area contributed by atoms with Crippen LogP contribution >= 0.6 is 11.6 Å². The number of halogens is 1. The van der Waals surface area contributed by atoms with Crippen molar-refractivity contribution in [3.05, 3.63) is 34.9 Å².